The second-order valence-corrected chi connectivity index (χ2v) is 6.84. The zero-order valence-electron chi connectivity index (χ0n) is 13.1. The second-order valence-electron chi connectivity index (χ2n) is 5.16. The number of carbonyl (C=O) groups is 3. The van der Waals surface area contributed by atoms with Crippen LogP contribution in [0.15, 0.2) is 52.0 Å². The zero-order chi connectivity index (χ0) is 18.7. The normalized spacial score (nSPS) is 15.5. The number of rotatable bonds is 5. The van der Waals surface area contributed by atoms with Crippen LogP contribution in [0.3, 0.4) is 0 Å². The standard InChI is InChI=1S/C17H12N2O5S2/c20-14(18-12-6-2-1-5-11(12)16(22)23)9-19-15(21)13(26-17(19)25)8-10-4-3-7-24-10/h1-8H,9H2,(H,18,20)(H,22,23)/p-1/b13-8+. The molecule has 1 aliphatic rings. The number of carbonyl (C=O) groups excluding carboxylic acids is 3. The van der Waals surface area contributed by atoms with Gasteiger partial charge in [0.15, 0.2) is 0 Å². The monoisotopic (exact) mass is 387 g/mol. The van der Waals surface area contributed by atoms with Gasteiger partial charge in [-0.2, -0.15) is 0 Å². The number of carboxylic acids is 1. The fourth-order valence-corrected chi connectivity index (χ4v) is 3.48. The number of nitrogens with zero attached hydrogens (tertiary/aromatic N) is 1. The van der Waals surface area contributed by atoms with E-state index in [-0.39, 0.29) is 22.1 Å². The van der Waals surface area contributed by atoms with Gasteiger partial charge in [0.05, 0.1) is 17.1 Å². The molecule has 26 heavy (non-hydrogen) atoms. The number of para-hydroxylation sites is 1. The molecular formula is C17H11N2O5S2-. The molecule has 2 heterocycles. The fourth-order valence-electron chi connectivity index (χ4n) is 2.24. The minimum absolute atomic E-state index is 0.0917. The molecule has 0 unspecified atom stereocenters. The van der Waals surface area contributed by atoms with Crippen LogP contribution < -0.4 is 10.4 Å². The van der Waals surface area contributed by atoms with Crippen LogP contribution in [0.1, 0.15) is 16.1 Å². The summed E-state index contributed by atoms with van der Waals surface area (Å²) >= 11 is 6.21. The molecule has 1 saturated heterocycles. The SMILES string of the molecule is O=C(CN1C(=O)/C(=C\c2ccco2)SC1=S)Nc1ccccc1C(=O)[O-]. The first kappa shape index (κ1) is 17.9. The third kappa shape index (κ3) is 3.84. The summed E-state index contributed by atoms with van der Waals surface area (Å²) in [5.74, 6) is -1.90. The van der Waals surface area contributed by atoms with Crippen molar-refractivity contribution in [2.24, 2.45) is 0 Å². The summed E-state index contributed by atoms with van der Waals surface area (Å²) in [6.45, 7) is -0.332. The number of furan rings is 1. The third-order valence-electron chi connectivity index (χ3n) is 3.41. The van der Waals surface area contributed by atoms with Crippen molar-refractivity contribution in [1.82, 2.24) is 4.90 Å². The largest absolute Gasteiger partial charge is 0.545 e. The summed E-state index contributed by atoms with van der Waals surface area (Å²) in [6, 6.07) is 9.22. The Labute approximate surface area is 157 Å². The van der Waals surface area contributed by atoms with Crippen molar-refractivity contribution in [2.75, 3.05) is 11.9 Å². The van der Waals surface area contributed by atoms with E-state index in [4.69, 9.17) is 16.6 Å². The fraction of sp³-hybridized carbons (Fsp3) is 0.0588. The van der Waals surface area contributed by atoms with Gasteiger partial charge >= 0.3 is 0 Å². The van der Waals surface area contributed by atoms with Crippen LogP contribution in [0.4, 0.5) is 5.69 Å². The number of nitrogens with one attached hydrogen (secondary N) is 1. The maximum Gasteiger partial charge on any atom is 0.266 e. The van der Waals surface area contributed by atoms with Crippen LogP contribution in [-0.4, -0.2) is 33.5 Å². The summed E-state index contributed by atoms with van der Waals surface area (Å²) in [5, 5.41) is 13.5. The van der Waals surface area contributed by atoms with Crippen LogP contribution in [-0.2, 0) is 9.59 Å². The minimum atomic E-state index is -1.41. The molecule has 1 fully saturated rings. The van der Waals surface area contributed by atoms with Gasteiger partial charge in [-0.1, -0.05) is 42.2 Å². The summed E-state index contributed by atoms with van der Waals surface area (Å²) in [7, 11) is 0. The van der Waals surface area contributed by atoms with E-state index in [1.54, 1.807) is 24.3 Å². The van der Waals surface area contributed by atoms with Gasteiger partial charge in [0.1, 0.15) is 16.6 Å². The van der Waals surface area contributed by atoms with Crippen LogP contribution in [0.25, 0.3) is 6.08 Å². The van der Waals surface area contributed by atoms with E-state index in [9.17, 15) is 19.5 Å². The van der Waals surface area contributed by atoms with E-state index in [2.05, 4.69) is 5.32 Å². The first-order chi connectivity index (χ1) is 12.5. The van der Waals surface area contributed by atoms with Crippen molar-refractivity contribution in [2.45, 2.75) is 0 Å². The highest BCUT2D eigenvalue weighted by Crippen LogP contribution is 2.32. The molecule has 0 aliphatic carbocycles. The van der Waals surface area contributed by atoms with E-state index >= 15 is 0 Å². The lowest BCUT2D eigenvalue weighted by Gasteiger charge is -2.16. The number of carboxylic acid groups (broad SMARTS) is 1. The highest BCUT2D eigenvalue weighted by atomic mass is 32.2. The summed E-state index contributed by atoms with van der Waals surface area (Å²) in [5.41, 5.74) is -0.0574. The molecule has 2 aromatic rings. The van der Waals surface area contributed by atoms with Gasteiger partial charge in [-0.25, -0.2) is 0 Å². The van der Waals surface area contributed by atoms with Crippen LogP contribution in [0, 0.1) is 0 Å². The van der Waals surface area contributed by atoms with Crippen LogP contribution >= 0.6 is 24.0 Å². The average Bonchev–Trinajstić information content (AvgIpc) is 3.19. The number of amides is 2. The third-order valence-corrected chi connectivity index (χ3v) is 4.79. The van der Waals surface area contributed by atoms with Gasteiger partial charge in [0.25, 0.3) is 5.91 Å². The molecule has 7 nitrogen and oxygen atoms in total. The molecule has 1 aliphatic heterocycles. The molecule has 1 N–H and O–H groups in total. The second kappa shape index (κ2) is 7.54. The lowest BCUT2D eigenvalue weighted by molar-refractivity contribution is -0.254. The van der Waals surface area contributed by atoms with Gasteiger partial charge in [-0.05, 0) is 18.2 Å². The Balaban J connectivity index is 1.71. The Morgan fingerprint density at radius 2 is 2.04 bits per heavy atom. The average molecular weight is 387 g/mol. The number of thioether (sulfide) groups is 1. The van der Waals surface area contributed by atoms with Gasteiger partial charge < -0.3 is 19.6 Å². The molecule has 3 rings (SSSR count). The van der Waals surface area contributed by atoms with Crippen molar-refractivity contribution in [1.29, 1.82) is 0 Å². The molecular weight excluding hydrogens is 376 g/mol. The number of benzene rings is 1. The minimum Gasteiger partial charge on any atom is -0.545 e. The van der Waals surface area contributed by atoms with E-state index in [1.807, 2.05) is 0 Å². The van der Waals surface area contributed by atoms with Crippen molar-refractivity contribution in [3.05, 3.63) is 58.9 Å². The number of anilines is 1. The van der Waals surface area contributed by atoms with Crippen LogP contribution in [0.5, 0.6) is 0 Å². The number of hydrogen-bond donors (Lipinski definition) is 1. The molecule has 0 spiro atoms. The highest BCUT2D eigenvalue weighted by molar-refractivity contribution is 8.26. The lowest BCUT2D eigenvalue weighted by Crippen LogP contribution is -2.36. The van der Waals surface area contributed by atoms with E-state index in [0.29, 0.717) is 10.7 Å². The predicted octanol–water partition coefficient (Wildman–Crippen LogP) is 1.48. The molecule has 1 aromatic heterocycles. The van der Waals surface area contributed by atoms with Crippen molar-refractivity contribution >= 4 is 57.8 Å². The number of aromatic carboxylic acids is 1. The lowest BCUT2D eigenvalue weighted by atomic mass is 10.2. The van der Waals surface area contributed by atoms with Crippen molar-refractivity contribution in [3.8, 4) is 0 Å². The molecule has 0 atom stereocenters. The molecule has 1 aromatic carbocycles. The first-order valence-electron chi connectivity index (χ1n) is 7.35. The van der Waals surface area contributed by atoms with Gasteiger partial charge in [-0.3, -0.25) is 14.5 Å². The van der Waals surface area contributed by atoms with Crippen molar-refractivity contribution in [3.63, 3.8) is 0 Å². The highest BCUT2D eigenvalue weighted by Gasteiger charge is 2.33. The summed E-state index contributed by atoms with van der Waals surface area (Å²) < 4.78 is 5.40. The molecule has 0 radical (unpaired) electrons. The van der Waals surface area contributed by atoms with Crippen LogP contribution in [0.2, 0.25) is 0 Å². The van der Waals surface area contributed by atoms with Gasteiger partial charge in [0.2, 0.25) is 5.91 Å². The van der Waals surface area contributed by atoms with E-state index in [1.165, 1.54) is 24.5 Å². The zero-order valence-corrected chi connectivity index (χ0v) is 14.8. The van der Waals surface area contributed by atoms with Crippen molar-refractivity contribution < 1.29 is 23.9 Å². The maximum absolute atomic E-state index is 12.4. The number of thiocarbonyl (C=S) groups is 1. The molecule has 2 amide bonds. The Hall–Kier alpha value is -2.91. The Morgan fingerprint density at radius 1 is 1.27 bits per heavy atom. The Morgan fingerprint density at radius 3 is 2.73 bits per heavy atom. The smallest absolute Gasteiger partial charge is 0.266 e. The molecule has 132 valence electrons. The summed E-state index contributed by atoms with van der Waals surface area (Å²) in [6.07, 6.45) is 3.03. The topological polar surface area (TPSA) is 103 Å². The predicted molar refractivity (Wildman–Crippen MR) is 98.0 cm³/mol. The van der Waals surface area contributed by atoms with Gasteiger partial charge in [-0.15, -0.1) is 0 Å². The van der Waals surface area contributed by atoms with E-state index in [0.717, 1.165) is 16.7 Å². The number of hydrogen-bond acceptors (Lipinski definition) is 7. The van der Waals surface area contributed by atoms with E-state index < -0.39 is 17.8 Å². The summed E-state index contributed by atoms with van der Waals surface area (Å²) in [4.78, 5) is 37.2. The van der Waals surface area contributed by atoms with Gasteiger partial charge in [0, 0.05) is 17.3 Å². The molecule has 0 saturated carbocycles. The quantitative estimate of drug-likeness (QED) is 0.612. The first-order valence-corrected chi connectivity index (χ1v) is 8.57. The molecule has 9 heteroatoms. The maximum atomic E-state index is 12.4. The molecule has 0 bridgehead atoms. The Bertz CT molecular complexity index is 921. The Kier molecular flexibility index (Phi) is 5.19.